The van der Waals surface area contributed by atoms with Crippen molar-refractivity contribution in [2.45, 2.75) is 13.1 Å². The highest BCUT2D eigenvalue weighted by molar-refractivity contribution is 5.99. The van der Waals surface area contributed by atoms with Crippen LogP contribution in [-0.4, -0.2) is 23.3 Å². The van der Waals surface area contributed by atoms with Gasteiger partial charge in [0.15, 0.2) is 6.61 Å². The summed E-state index contributed by atoms with van der Waals surface area (Å²) in [7, 11) is 0. The Hall–Kier alpha value is -3.60. The normalized spacial score (nSPS) is 12.5. The predicted octanol–water partition coefficient (Wildman–Crippen LogP) is 3.86. The maximum Gasteiger partial charge on any atom is 0.262 e. The van der Waals surface area contributed by atoms with Crippen molar-refractivity contribution in [1.29, 1.82) is 0 Å². The van der Waals surface area contributed by atoms with E-state index in [0.717, 1.165) is 11.1 Å². The lowest BCUT2D eigenvalue weighted by atomic mass is 10.1. The second-order valence-electron chi connectivity index (χ2n) is 6.68. The Labute approximate surface area is 163 Å². The van der Waals surface area contributed by atoms with Gasteiger partial charge in [0.25, 0.3) is 11.8 Å². The smallest absolute Gasteiger partial charge is 0.262 e. The SMILES string of the molecule is O=C1COc2cc(C(=O)N(Cc3ccccc3)Cc3ccccc3)ccc2N1. The molecule has 4 rings (SSSR count). The molecule has 0 spiro atoms. The largest absolute Gasteiger partial charge is 0.482 e. The summed E-state index contributed by atoms with van der Waals surface area (Å²) in [5, 5.41) is 2.75. The number of benzene rings is 3. The van der Waals surface area contributed by atoms with Gasteiger partial charge in [-0.2, -0.15) is 0 Å². The van der Waals surface area contributed by atoms with Gasteiger partial charge in [0.2, 0.25) is 0 Å². The van der Waals surface area contributed by atoms with Gasteiger partial charge in [-0.15, -0.1) is 0 Å². The van der Waals surface area contributed by atoms with Crippen molar-refractivity contribution in [1.82, 2.24) is 4.90 Å². The molecule has 0 saturated heterocycles. The molecule has 1 heterocycles. The Morgan fingerprint density at radius 3 is 2.11 bits per heavy atom. The number of amides is 2. The van der Waals surface area contributed by atoms with Crippen LogP contribution >= 0.6 is 0 Å². The third kappa shape index (κ3) is 4.04. The number of fused-ring (bicyclic) bond motifs is 1. The average Bonchev–Trinajstić information content (AvgIpc) is 2.74. The Morgan fingerprint density at radius 1 is 0.893 bits per heavy atom. The molecule has 0 bridgehead atoms. The van der Waals surface area contributed by atoms with E-state index in [2.05, 4.69) is 5.32 Å². The molecular formula is C23H20N2O3. The molecule has 2 amide bonds. The van der Waals surface area contributed by atoms with E-state index in [1.165, 1.54) is 0 Å². The lowest BCUT2D eigenvalue weighted by molar-refractivity contribution is -0.118. The first-order valence-electron chi connectivity index (χ1n) is 9.13. The fourth-order valence-electron chi connectivity index (χ4n) is 3.20. The fourth-order valence-corrected chi connectivity index (χ4v) is 3.20. The van der Waals surface area contributed by atoms with Crippen LogP contribution < -0.4 is 10.1 Å². The second kappa shape index (κ2) is 7.96. The van der Waals surface area contributed by atoms with Crippen molar-refractivity contribution in [3.8, 4) is 5.75 Å². The van der Waals surface area contributed by atoms with Gasteiger partial charge in [-0.3, -0.25) is 9.59 Å². The first kappa shape index (κ1) is 17.8. The van der Waals surface area contributed by atoms with Gasteiger partial charge in [0.05, 0.1) is 5.69 Å². The van der Waals surface area contributed by atoms with E-state index in [-0.39, 0.29) is 18.4 Å². The molecule has 28 heavy (non-hydrogen) atoms. The van der Waals surface area contributed by atoms with Gasteiger partial charge in [0.1, 0.15) is 5.75 Å². The molecule has 0 aliphatic carbocycles. The third-order valence-electron chi connectivity index (χ3n) is 4.58. The molecule has 1 aliphatic heterocycles. The van der Waals surface area contributed by atoms with Gasteiger partial charge in [0, 0.05) is 18.7 Å². The molecular weight excluding hydrogens is 352 g/mol. The molecule has 0 aromatic heterocycles. The molecule has 0 radical (unpaired) electrons. The highest BCUT2D eigenvalue weighted by atomic mass is 16.5. The highest BCUT2D eigenvalue weighted by Crippen LogP contribution is 2.29. The molecule has 5 nitrogen and oxygen atoms in total. The highest BCUT2D eigenvalue weighted by Gasteiger charge is 2.21. The van der Waals surface area contributed by atoms with Crippen LogP contribution in [0.4, 0.5) is 5.69 Å². The minimum absolute atomic E-state index is 0.0393. The van der Waals surface area contributed by atoms with E-state index in [1.807, 2.05) is 65.6 Å². The summed E-state index contributed by atoms with van der Waals surface area (Å²) in [4.78, 5) is 26.5. The maximum atomic E-state index is 13.3. The van der Waals surface area contributed by atoms with E-state index in [9.17, 15) is 9.59 Å². The first-order chi connectivity index (χ1) is 13.7. The van der Waals surface area contributed by atoms with Crippen molar-refractivity contribution in [2.75, 3.05) is 11.9 Å². The minimum Gasteiger partial charge on any atom is -0.482 e. The second-order valence-corrected chi connectivity index (χ2v) is 6.68. The molecule has 1 N–H and O–H groups in total. The summed E-state index contributed by atoms with van der Waals surface area (Å²) in [5.74, 6) is 0.238. The molecule has 0 fully saturated rings. The van der Waals surface area contributed by atoms with Crippen molar-refractivity contribution in [3.05, 3.63) is 95.6 Å². The Kier molecular flexibility index (Phi) is 5.06. The van der Waals surface area contributed by atoms with Crippen molar-refractivity contribution >= 4 is 17.5 Å². The predicted molar refractivity (Wildman–Crippen MR) is 107 cm³/mol. The zero-order valence-corrected chi connectivity index (χ0v) is 15.3. The summed E-state index contributed by atoms with van der Waals surface area (Å²) in [5.41, 5.74) is 3.24. The van der Waals surface area contributed by atoms with Crippen molar-refractivity contribution < 1.29 is 14.3 Å². The Balaban J connectivity index is 1.61. The number of carbonyl (C=O) groups excluding carboxylic acids is 2. The zero-order valence-electron chi connectivity index (χ0n) is 15.3. The fraction of sp³-hybridized carbons (Fsp3) is 0.130. The zero-order chi connectivity index (χ0) is 19.3. The quantitative estimate of drug-likeness (QED) is 0.740. The lowest BCUT2D eigenvalue weighted by Gasteiger charge is -2.24. The van der Waals surface area contributed by atoms with Gasteiger partial charge in [-0.05, 0) is 29.3 Å². The first-order valence-corrected chi connectivity index (χ1v) is 9.13. The van der Waals surface area contributed by atoms with Crippen LogP contribution in [0.2, 0.25) is 0 Å². The van der Waals surface area contributed by atoms with Crippen LogP contribution in [0.15, 0.2) is 78.9 Å². The van der Waals surface area contributed by atoms with Gasteiger partial charge < -0.3 is 15.0 Å². The molecule has 3 aromatic rings. The number of hydrogen-bond donors (Lipinski definition) is 1. The van der Waals surface area contributed by atoms with Crippen LogP contribution in [-0.2, 0) is 17.9 Å². The monoisotopic (exact) mass is 372 g/mol. The minimum atomic E-state index is -0.193. The van der Waals surface area contributed by atoms with Crippen LogP contribution in [0.5, 0.6) is 5.75 Å². The lowest BCUT2D eigenvalue weighted by Crippen LogP contribution is -2.30. The van der Waals surface area contributed by atoms with Crippen LogP contribution in [0.3, 0.4) is 0 Å². The topological polar surface area (TPSA) is 58.6 Å². The van der Waals surface area contributed by atoms with Crippen molar-refractivity contribution in [3.63, 3.8) is 0 Å². The number of hydrogen-bond acceptors (Lipinski definition) is 3. The van der Waals surface area contributed by atoms with E-state index in [0.29, 0.717) is 30.1 Å². The average molecular weight is 372 g/mol. The molecule has 140 valence electrons. The summed E-state index contributed by atoms with van der Waals surface area (Å²) < 4.78 is 5.46. The molecule has 5 heteroatoms. The number of nitrogens with zero attached hydrogens (tertiary/aromatic N) is 1. The van der Waals surface area contributed by atoms with Crippen LogP contribution in [0.25, 0.3) is 0 Å². The number of rotatable bonds is 5. The number of anilines is 1. The molecule has 3 aromatic carbocycles. The van der Waals surface area contributed by atoms with Gasteiger partial charge >= 0.3 is 0 Å². The maximum absolute atomic E-state index is 13.3. The summed E-state index contributed by atoms with van der Waals surface area (Å²) in [6.07, 6.45) is 0. The van der Waals surface area contributed by atoms with Crippen LogP contribution in [0, 0.1) is 0 Å². The summed E-state index contributed by atoms with van der Waals surface area (Å²) in [6, 6.07) is 25.0. The van der Waals surface area contributed by atoms with Gasteiger partial charge in [-0.1, -0.05) is 60.7 Å². The number of carbonyl (C=O) groups is 2. The third-order valence-corrected chi connectivity index (χ3v) is 4.58. The van der Waals surface area contributed by atoms with Gasteiger partial charge in [-0.25, -0.2) is 0 Å². The number of nitrogens with one attached hydrogen (secondary N) is 1. The standard InChI is InChI=1S/C23H20N2O3/c26-22-16-28-21-13-19(11-12-20(21)24-22)23(27)25(14-17-7-3-1-4-8-17)15-18-9-5-2-6-10-18/h1-13H,14-16H2,(H,24,26). The van der Waals surface area contributed by atoms with E-state index in [4.69, 9.17) is 4.74 Å². The summed E-state index contributed by atoms with van der Waals surface area (Å²) >= 11 is 0. The molecule has 0 atom stereocenters. The number of ether oxygens (including phenoxy) is 1. The summed E-state index contributed by atoms with van der Waals surface area (Å²) in [6.45, 7) is 0.967. The molecule has 0 saturated carbocycles. The van der Waals surface area contributed by atoms with Crippen molar-refractivity contribution in [2.24, 2.45) is 0 Å². The van der Waals surface area contributed by atoms with Crippen LogP contribution in [0.1, 0.15) is 21.5 Å². The van der Waals surface area contributed by atoms with E-state index >= 15 is 0 Å². The molecule has 0 unspecified atom stereocenters. The van der Waals surface area contributed by atoms with E-state index in [1.54, 1.807) is 18.2 Å². The molecule has 1 aliphatic rings. The Bertz CT molecular complexity index is 946. The Morgan fingerprint density at radius 2 is 1.50 bits per heavy atom. The van der Waals surface area contributed by atoms with E-state index < -0.39 is 0 Å².